The summed E-state index contributed by atoms with van der Waals surface area (Å²) < 4.78 is 88.9. The Morgan fingerprint density at radius 2 is 1.75 bits per heavy atom. The minimum atomic E-state index is -5.23. The van der Waals surface area contributed by atoms with Crippen molar-refractivity contribution in [3.8, 4) is 11.6 Å². The minimum absolute atomic E-state index is 0.107. The van der Waals surface area contributed by atoms with E-state index in [1.54, 1.807) is 0 Å². The first kappa shape index (κ1) is 29.0. The van der Waals surface area contributed by atoms with Gasteiger partial charge < -0.3 is 19.9 Å². The topological polar surface area (TPSA) is 117 Å². The molecule has 3 N–H and O–H groups in total. The Hall–Kier alpha value is -4.04. The summed E-state index contributed by atoms with van der Waals surface area (Å²) in [6.45, 7) is 1.06. The summed E-state index contributed by atoms with van der Waals surface area (Å²) in [7, 11) is 1.34. The van der Waals surface area contributed by atoms with Gasteiger partial charge in [0.05, 0.1) is 11.0 Å². The number of fused-ring (bicyclic) bond motifs is 1. The molecule has 4 aromatic rings. The number of aromatic nitrogens is 3. The van der Waals surface area contributed by atoms with E-state index in [4.69, 9.17) is 16.3 Å². The zero-order valence-electron chi connectivity index (χ0n) is 20.4. The summed E-state index contributed by atoms with van der Waals surface area (Å²) in [5.41, 5.74) is -6.65. The first-order chi connectivity index (χ1) is 18.4. The van der Waals surface area contributed by atoms with Gasteiger partial charge in [-0.05, 0) is 47.5 Å². The zero-order valence-corrected chi connectivity index (χ0v) is 21.1. The number of hydrogen-bond donors (Lipinski definition) is 3. The third kappa shape index (κ3) is 4.99. The van der Waals surface area contributed by atoms with Crippen molar-refractivity contribution in [1.82, 2.24) is 14.5 Å². The van der Waals surface area contributed by atoms with Crippen molar-refractivity contribution in [2.24, 2.45) is 7.05 Å². The Bertz CT molecular complexity index is 1680. The highest BCUT2D eigenvalue weighted by atomic mass is 35.5. The Morgan fingerprint density at radius 3 is 2.33 bits per heavy atom. The molecule has 0 saturated heterocycles. The van der Waals surface area contributed by atoms with Crippen LogP contribution in [0.5, 0.6) is 11.6 Å². The number of H-pyrrole nitrogens is 1. The quantitative estimate of drug-likeness (QED) is 0.238. The number of imidazole rings is 1. The summed E-state index contributed by atoms with van der Waals surface area (Å²) in [5, 5.41) is 20.1. The largest absolute Gasteiger partial charge is 0.477 e. The fourth-order valence-corrected chi connectivity index (χ4v) is 4.55. The third-order valence-corrected chi connectivity index (χ3v) is 6.77. The molecule has 2 heterocycles. The van der Waals surface area contributed by atoms with E-state index in [1.807, 2.05) is 0 Å². The van der Waals surface area contributed by atoms with Gasteiger partial charge in [-0.2, -0.15) is 26.3 Å². The average Bonchev–Trinajstić information content (AvgIpc) is 3.14. The van der Waals surface area contributed by atoms with Crippen molar-refractivity contribution in [1.29, 1.82) is 0 Å². The lowest BCUT2D eigenvalue weighted by atomic mass is 9.77. The third-order valence-electron chi connectivity index (χ3n) is 6.44. The second kappa shape index (κ2) is 9.86. The first-order valence-corrected chi connectivity index (χ1v) is 11.6. The number of aliphatic hydroxyl groups is 1. The maximum absolute atomic E-state index is 14.4. The number of benzene rings is 2. The summed E-state index contributed by atoms with van der Waals surface area (Å²) in [4.78, 5) is 29.0. The minimum Gasteiger partial charge on any atom is -0.477 e. The Morgan fingerprint density at radius 1 is 1.07 bits per heavy atom. The predicted molar refractivity (Wildman–Crippen MR) is 130 cm³/mol. The molecule has 2 atom stereocenters. The highest BCUT2D eigenvalue weighted by Gasteiger charge is 2.59. The SMILES string of the molecule is C[C@H](c1ccc(Oc2nc(C(F)(F)F)ccc2C(=O)O)cc1Cl)[C@@](O)(c1ccc2[nH]c(=O)n(C)c2c1)C(F)(F)F. The molecule has 0 bridgehead atoms. The number of aromatic amines is 1. The van der Waals surface area contributed by atoms with Crippen LogP contribution in [0.1, 0.15) is 40.0 Å². The lowest BCUT2D eigenvalue weighted by Crippen LogP contribution is -2.46. The van der Waals surface area contributed by atoms with Crippen molar-refractivity contribution in [2.45, 2.75) is 30.8 Å². The molecule has 2 aromatic carbocycles. The van der Waals surface area contributed by atoms with Crippen molar-refractivity contribution in [3.05, 3.63) is 86.4 Å². The van der Waals surface area contributed by atoms with E-state index < -0.39 is 58.2 Å². The van der Waals surface area contributed by atoms with Gasteiger partial charge in [-0.15, -0.1) is 0 Å². The molecule has 0 fully saturated rings. The van der Waals surface area contributed by atoms with Crippen LogP contribution in [0.4, 0.5) is 26.3 Å². The molecule has 0 radical (unpaired) electrons. The smallest absolute Gasteiger partial charge is 0.433 e. The number of carboxylic acids is 1. The molecular formula is C25H18ClF6N3O5. The molecule has 212 valence electrons. The van der Waals surface area contributed by atoms with Crippen LogP contribution in [0.25, 0.3) is 11.0 Å². The molecule has 0 amide bonds. The molecular weight excluding hydrogens is 572 g/mol. The molecule has 0 aliphatic carbocycles. The normalized spacial score (nSPS) is 14.7. The Labute approximate surface area is 225 Å². The van der Waals surface area contributed by atoms with Crippen LogP contribution in [0.3, 0.4) is 0 Å². The summed E-state index contributed by atoms with van der Waals surface area (Å²) >= 11 is 6.24. The molecule has 4 rings (SSSR count). The molecule has 0 unspecified atom stereocenters. The lowest BCUT2D eigenvalue weighted by molar-refractivity contribution is -0.274. The van der Waals surface area contributed by atoms with Crippen molar-refractivity contribution in [3.63, 3.8) is 0 Å². The molecule has 0 aliphatic rings. The summed E-state index contributed by atoms with van der Waals surface area (Å²) in [6, 6.07) is 7.41. The van der Waals surface area contributed by atoms with Crippen LogP contribution in [-0.4, -0.2) is 36.9 Å². The Kier molecular flexibility index (Phi) is 7.13. The van der Waals surface area contributed by atoms with Crippen LogP contribution in [0.15, 0.2) is 53.3 Å². The molecule has 0 saturated carbocycles. The monoisotopic (exact) mass is 589 g/mol. The van der Waals surface area contributed by atoms with Crippen LogP contribution in [-0.2, 0) is 18.8 Å². The number of pyridine rings is 1. The van der Waals surface area contributed by atoms with Gasteiger partial charge in [0.25, 0.3) is 0 Å². The molecule has 2 aromatic heterocycles. The van der Waals surface area contributed by atoms with E-state index in [0.717, 1.165) is 41.8 Å². The van der Waals surface area contributed by atoms with Crippen LogP contribution in [0, 0.1) is 0 Å². The Balaban J connectivity index is 1.75. The number of carboxylic acid groups (broad SMARTS) is 1. The highest BCUT2D eigenvalue weighted by molar-refractivity contribution is 6.31. The molecule has 15 heteroatoms. The van der Waals surface area contributed by atoms with Gasteiger partial charge in [0.15, 0.2) is 5.60 Å². The van der Waals surface area contributed by atoms with E-state index in [2.05, 4.69) is 9.97 Å². The van der Waals surface area contributed by atoms with E-state index in [1.165, 1.54) is 13.1 Å². The predicted octanol–water partition coefficient (Wildman–Crippen LogP) is 5.98. The van der Waals surface area contributed by atoms with Gasteiger partial charge in [-0.1, -0.05) is 30.7 Å². The van der Waals surface area contributed by atoms with Crippen molar-refractivity contribution < 1.29 is 46.1 Å². The molecule has 8 nitrogen and oxygen atoms in total. The standard InChI is InChI=1S/C25H18ClF6N3O5/c1-11(23(39,25(30,31)32)12-3-7-17-18(9-12)35(2)22(38)33-17)14-5-4-13(10-16(14)26)40-20-15(21(36)37)6-8-19(34-20)24(27,28)29/h3-11,39H,1-2H3,(H,33,38)(H,36,37)/t11-,23-/m1/s1. The maximum atomic E-state index is 14.4. The first-order valence-electron chi connectivity index (χ1n) is 11.2. The van der Waals surface area contributed by atoms with Gasteiger partial charge in [-0.3, -0.25) is 4.57 Å². The van der Waals surface area contributed by atoms with E-state index in [9.17, 15) is 46.1 Å². The van der Waals surface area contributed by atoms with Crippen molar-refractivity contribution >= 4 is 28.6 Å². The van der Waals surface area contributed by atoms with Gasteiger partial charge in [0.1, 0.15) is 17.0 Å². The molecule has 40 heavy (non-hydrogen) atoms. The zero-order chi connectivity index (χ0) is 29.8. The maximum Gasteiger partial charge on any atom is 0.433 e. The number of aromatic carboxylic acids is 1. The van der Waals surface area contributed by atoms with Crippen LogP contribution in [0.2, 0.25) is 5.02 Å². The second-order valence-corrected chi connectivity index (χ2v) is 9.25. The van der Waals surface area contributed by atoms with Gasteiger partial charge in [-0.25, -0.2) is 14.6 Å². The van der Waals surface area contributed by atoms with Gasteiger partial charge in [0, 0.05) is 18.0 Å². The van der Waals surface area contributed by atoms with Crippen molar-refractivity contribution in [2.75, 3.05) is 0 Å². The number of halogens is 7. The molecule has 0 spiro atoms. The fourth-order valence-electron chi connectivity index (χ4n) is 4.22. The highest BCUT2D eigenvalue weighted by Crippen LogP contribution is 2.50. The number of nitrogens with one attached hydrogen (secondary N) is 1. The van der Waals surface area contributed by atoms with Crippen LogP contribution >= 0.6 is 11.6 Å². The number of rotatable bonds is 6. The summed E-state index contributed by atoms with van der Waals surface area (Å²) in [5.74, 6) is -4.63. The fraction of sp³-hybridized carbons (Fsp3) is 0.240. The summed E-state index contributed by atoms with van der Waals surface area (Å²) in [6.07, 6.45) is -10.1. The number of ether oxygens (including phenoxy) is 1. The van der Waals surface area contributed by atoms with Gasteiger partial charge >= 0.3 is 24.0 Å². The van der Waals surface area contributed by atoms with Gasteiger partial charge in [0.2, 0.25) is 5.88 Å². The number of hydrogen-bond acceptors (Lipinski definition) is 5. The van der Waals surface area contributed by atoms with E-state index >= 15 is 0 Å². The number of alkyl halides is 6. The second-order valence-electron chi connectivity index (χ2n) is 8.84. The van der Waals surface area contributed by atoms with E-state index in [-0.39, 0.29) is 27.4 Å². The number of nitrogens with zero attached hydrogens (tertiary/aromatic N) is 2. The van der Waals surface area contributed by atoms with E-state index in [0.29, 0.717) is 12.1 Å². The number of carbonyl (C=O) groups is 1. The number of aryl methyl sites for hydroxylation is 1. The average molecular weight is 590 g/mol. The van der Waals surface area contributed by atoms with Crippen LogP contribution < -0.4 is 10.4 Å². The lowest BCUT2D eigenvalue weighted by Gasteiger charge is -2.37. The molecule has 0 aliphatic heterocycles.